The van der Waals surface area contributed by atoms with Gasteiger partial charge < -0.3 is 15.2 Å². The van der Waals surface area contributed by atoms with Crippen LogP contribution in [0.1, 0.15) is 200 Å². The van der Waals surface area contributed by atoms with Gasteiger partial charge in [0.2, 0.25) is 5.91 Å². The highest BCUT2D eigenvalue weighted by Gasteiger charge is 2.14. The van der Waals surface area contributed by atoms with Crippen LogP contribution in [0.25, 0.3) is 0 Å². The van der Waals surface area contributed by atoms with Crippen LogP contribution in [0.4, 0.5) is 0 Å². The molecule has 0 aliphatic carbocycles. The van der Waals surface area contributed by atoms with Crippen molar-refractivity contribution in [3.8, 4) is 0 Å². The first-order valence-corrected chi connectivity index (χ1v) is 22.1. The van der Waals surface area contributed by atoms with Gasteiger partial charge in [0.05, 0.1) is 0 Å². The first kappa shape index (κ1) is 50.9. The molecule has 0 aromatic heterocycles. The highest BCUT2D eigenvalue weighted by atomic mass is 16.5. The number of carboxylic acids is 1. The van der Waals surface area contributed by atoms with Crippen LogP contribution in [0.3, 0.4) is 0 Å². The molecule has 6 heteroatoms. The van der Waals surface area contributed by atoms with Gasteiger partial charge in [-0.15, -0.1) is 0 Å². The van der Waals surface area contributed by atoms with Gasteiger partial charge in [0.15, 0.2) is 0 Å². The van der Waals surface area contributed by atoms with E-state index in [2.05, 4.69) is 92.1 Å². The molecule has 2 N–H and O–H groups in total. The molecule has 0 spiro atoms. The summed E-state index contributed by atoms with van der Waals surface area (Å²) in [5.41, 5.74) is 0. The van der Waals surface area contributed by atoms with Gasteiger partial charge in [-0.1, -0.05) is 157 Å². The zero-order valence-corrected chi connectivity index (χ0v) is 34.8. The van der Waals surface area contributed by atoms with E-state index >= 15 is 0 Å². The molecule has 0 bridgehead atoms. The Kier molecular flexibility index (Phi) is 40.1. The molecule has 0 radical (unpaired) electrons. The van der Waals surface area contributed by atoms with Gasteiger partial charge >= 0.3 is 11.9 Å². The summed E-state index contributed by atoms with van der Waals surface area (Å²) in [6.07, 6.45) is 57.4. The number of aliphatic carboxylic acids is 1. The van der Waals surface area contributed by atoms with Crippen LogP contribution in [0.5, 0.6) is 0 Å². The largest absolute Gasteiger partial charge is 0.480 e. The molecule has 6 nitrogen and oxygen atoms in total. The number of allylic oxidation sites excluding steroid dienone is 12. The number of hydrogen-bond acceptors (Lipinski definition) is 4. The lowest BCUT2D eigenvalue weighted by Crippen LogP contribution is -2.28. The third-order valence-electron chi connectivity index (χ3n) is 9.36. The van der Waals surface area contributed by atoms with Crippen molar-refractivity contribution in [3.05, 3.63) is 72.9 Å². The number of amides is 1. The number of esters is 1. The van der Waals surface area contributed by atoms with E-state index < -0.39 is 5.97 Å². The second-order valence-corrected chi connectivity index (χ2v) is 14.6. The number of unbranched alkanes of at least 4 members (excludes halogenated alkanes) is 16. The average Bonchev–Trinajstić information content (AvgIpc) is 3.16. The maximum Gasteiger partial charge on any atom is 0.322 e. The van der Waals surface area contributed by atoms with Crippen molar-refractivity contribution in [2.75, 3.05) is 6.54 Å². The molecule has 0 rings (SSSR count). The molecule has 0 saturated heterocycles. The number of hydrogen-bond donors (Lipinski definition) is 2. The lowest BCUT2D eigenvalue weighted by molar-refractivity contribution is -0.150. The molecule has 1 amide bonds. The van der Waals surface area contributed by atoms with Gasteiger partial charge in [0.25, 0.3) is 0 Å². The predicted molar refractivity (Wildman–Crippen MR) is 231 cm³/mol. The molecule has 0 aliphatic heterocycles. The Morgan fingerprint density at radius 2 is 0.926 bits per heavy atom. The fraction of sp³-hybridized carbons (Fsp3) is 0.688. The van der Waals surface area contributed by atoms with Crippen LogP contribution in [-0.2, 0) is 19.1 Å². The van der Waals surface area contributed by atoms with Gasteiger partial charge in [0, 0.05) is 12.8 Å². The average molecular weight is 752 g/mol. The Labute approximate surface area is 332 Å². The summed E-state index contributed by atoms with van der Waals surface area (Å²) in [7, 11) is 0. The molecule has 1 unspecified atom stereocenters. The predicted octanol–water partition coefficient (Wildman–Crippen LogP) is 13.8. The summed E-state index contributed by atoms with van der Waals surface area (Å²) < 4.78 is 6.00. The summed E-state index contributed by atoms with van der Waals surface area (Å²) in [5, 5.41) is 11.1. The molecule has 0 aliphatic rings. The SMILES string of the molecule is CC/C=C\C/C=C\C/C=C\C/C=C\C/C=C\CCCC(=O)OC(CCCCC/C=C\CCCCCCCCCC)CCCCCCCC(=O)NCC(=O)O. The Morgan fingerprint density at radius 1 is 0.500 bits per heavy atom. The van der Waals surface area contributed by atoms with Gasteiger partial charge in [-0.25, -0.2) is 0 Å². The molecule has 0 aromatic rings. The molecule has 0 heterocycles. The number of ether oxygens (including phenoxy) is 1. The van der Waals surface area contributed by atoms with Crippen molar-refractivity contribution in [1.82, 2.24) is 5.32 Å². The van der Waals surface area contributed by atoms with Crippen molar-refractivity contribution < 1.29 is 24.2 Å². The maximum absolute atomic E-state index is 12.8. The van der Waals surface area contributed by atoms with E-state index in [4.69, 9.17) is 9.84 Å². The summed E-state index contributed by atoms with van der Waals surface area (Å²) >= 11 is 0. The number of carboxylic acid groups (broad SMARTS) is 1. The quantitative estimate of drug-likeness (QED) is 0.0371. The third kappa shape index (κ3) is 41.6. The Bertz CT molecular complexity index is 1050. The van der Waals surface area contributed by atoms with Gasteiger partial charge in [0.1, 0.15) is 12.6 Å². The minimum absolute atomic E-state index is 0.0227. The lowest BCUT2D eigenvalue weighted by atomic mass is 10.0. The molecule has 0 fully saturated rings. The van der Waals surface area contributed by atoms with Gasteiger partial charge in [-0.2, -0.15) is 0 Å². The van der Waals surface area contributed by atoms with Crippen LogP contribution in [0.15, 0.2) is 72.9 Å². The van der Waals surface area contributed by atoms with E-state index in [0.29, 0.717) is 12.8 Å². The number of carbonyl (C=O) groups is 3. The molecule has 54 heavy (non-hydrogen) atoms. The van der Waals surface area contributed by atoms with E-state index in [0.717, 1.165) is 109 Å². The Balaban J connectivity index is 4.33. The van der Waals surface area contributed by atoms with Crippen LogP contribution < -0.4 is 5.32 Å². The maximum atomic E-state index is 12.8. The smallest absolute Gasteiger partial charge is 0.322 e. The molecule has 1 atom stereocenters. The summed E-state index contributed by atoms with van der Waals surface area (Å²) in [6.45, 7) is 4.10. The normalized spacial score (nSPS) is 12.8. The second kappa shape index (κ2) is 42.6. The van der Waals surface area contributed by atoms with Crippen molar-refractivity contribution >= 4 is 17.8 Å². The number of nitrogens with one attached hydrogen (secondary N) is 1. The highest BCUT2D eigenvalue weighted by molar-refractivity contribution is 5.80. The third-order valence-corrected chi connectivity index (χ3v) is 9.36. The summed E-state index contributed by atoms with van der Waals surface area (Å²) in [6, 6.07) is 0. The van der Waals surface area contributed by atoms with Crippen LogP contribution >= 0.6 is 0 Å². The fourth-order valence-electron chi connectivity index (χ4n) is 6.13. The Morgan fingerprint density at radius 3 is 1.46 bits per heavy atom. The molecule has 308 valence electrons. The van der Waals surface area contributed by atoms with Crippen molar-refractivity contribution in [1.29, 1.82) is 0 Å². The van der Waals surface area contributed by atoms with Crippen molar-refractivity contribution in [3.63, 3.8) is 0 Å². The van der Waals surface area contributed by atoms with Gasteiger partial charge in [-0.05, 0) is 103 Å². The second-order valence-electron chi connectivity index (χ2n) is 14.6. The number of rotatable bonds is 39. The molecule has 0 aromatic carbocycles. The summed E-state index contributed by atoms with van der Waals surface area (Å²) in [5.74, 6) is -1.31. The van der Waals surface area contributed by atoms with Crippen LogP contribution in [0, 0.1) is 0 Å². The van der Waals surface area contributed by atoms with E-state index in [-0.39, 0.29) is 24.5 Å². The molecular formula is C48H81NO5. The van der Waals surface area contributed by atoms with E-state index in [1.165, 1.54) is 64.2 Å². The molecule has 0 saturated carbocycles. The highest BCUT2D eigenvalue weighted by Crippen LogP contribution is 2.18. The van der Waals surface area contributed by atoms with E-state index in [1.807, 2.05) is 0 Å². The minimum Gasteiger partial charge on any atom is -0.480 e. The fourth-order valence-corrected chi connectivity index (χ4v) is 6.13. The van der Waals surface area contributed by atoms with E-state index in [1.54, 1.807) is 0 Å². The first-order valence-electron chi connectivity index (χ1n) is 22.1. The first-order chi connectivity index (χ1) is 26.5. The van der Waals surface area contributed by atoms with Crippen LogP contribution in [0.2, 0.25) is 0 Å². The van der Waals surface area contributed by atoms with Crippen LogP contribution in [-0.4, -0.2) is 35.6 Å². The van der Waals surface area contributed by atoms with Crippen molar-refractivity contribution in [2.45, 2.75) is 206 Å². The zero-order chi connectivity index (χ0) is 39.4. The minimum atomic E-state index is -1.02. The monoisotopic (exact) mass is 752 g/mol. The summed E-state index contributed by atoms with van der Waals surface area (Å²) in [4.78, 5) is 35.1. The van der Waals surface area contributed by atoms with Gasteiger partial charge in [-0.3, -0.25) is 14.4 Å². The zero-order valence-electron chi connectivity index (χ0n) is 34.8. The van der Waals surface area contributed by atoms with Crippen molar-refractivity contribution in [2.24, 2.45) is 0 Å². The molecular weight excluding hydrogens is 671 g/mol. The lowest BCUT2D eigenvalue weighted by Gasteiger charge is -2.18. The topological polar surface area (TPSA) is 92.7 Å². The standard InChI is InChI=1S/C48H81NO5/c1-3-5-7-9-11-13-15-17-19-20-22-24-26-28-30-35-39-43-48(53)54-45(41-37-33-31-34-38-42-46(50)49-44-47(51)52)40-36-32-29-27-25-23-21-18-16-14-12-10-8-6-4-2/h5,7,11,13,17,19,22-25,28,30,45H,3-4,6,8-10,12,14-16,18,20-21,26-27,29,31-44H2,1-2H3,(H,49,50)(H,51,52)/b7-5-,13-11-,19-17-,24-22-,25-23-,30-28-. The number of carbonyl (C=O) groups excluding carboxylic acids is 2. The van der Waals surface area contributed by atoms with E-state index in [9.17, 15) is 14.4 Å². The Hall–Kier alpha value is -3.15.